The largest absolute Gasteiger partial charge is 0.467 e. The number of hydrogen-bond acceptors (Lipinski definition) is 7. The first-order valence-electron chi connectivity index (χ1n) is 11.3. The zero-order valence-electron chi connectivity index (χ0n) is 19.6. The van der Waals surface area contributed by atoms with Crippen molar-refractivity contribution in [1.29, 1.82) is 0 Å². The number of amidine groups is 1. The van der Waals surface area contributed by atoms with Gasteiger partial charge >= 0.3 is 6.03 Å². The van der Waals surface area contributed by atoms with E-state index < -0.39 is 12.1 Å². The van der Waals surface area contributed by atoms with E-state index in [1.807, 2.05) is 0 Å². The Bertz CT molecular complexity index is 1220. The number of aromatic nitrogens is 1. The molecule has 1 unspecified atom stereocenters. The predicted octanol–water partition coefficient (Wildman–Crippen LogP) is 1.63. The highest BCUT2D eigenvalue weighted by molar-refractivity contribution is 7.20. The van der Waals surface area contributed by atoms with Crippen LogP contribution in [0.25, 0.3) is 10.2 Å². The summed E-state index contributed by atoms with van der Waals surface area (Å²) in [7, 11) is 3.02. The zero-order valence-corrected chi connectivity index (χ0v) is 20.5. The molecule has 0 saturated carbocycles. The molecule has 2 fully saturated rings. The molecule has 0 spiro atoms. The zero-order chi connectivity index (χ0) is 24.1. The molecule has 2 aromatic rings. The molecule has 11 heteroatoms. The predicted molar refractivity (Wildman–Crippen MR) is 128 cm³/mol. The molecule has 4 amide bonds. The van der Waals surface area contributed by atoms with E-state index in [0.717, 1.165) is 20.7 Å². The number of aryl methyl sites for hydroxylation is 2. The number of ether oxygens (including phenoxy) is 1. The second-order valence-electron chi connectivity index (χ2n) is 8.97. The van der Waals surface area contributed by atoms with E-state index in [4.69, 9.17) is 4.74 Å². The molecule has 2 saturated heterocycles. The summed E-state index contributed by atoms with van der Waals surface area (Å²) >= 11 is 1.57. The van der Waals surface area contributed by atoms with Crippen LogP contribution in [0, 0.1) is 13.8 Å². The van der Waals surface area contributed by atoms with Crippen molar-refractivity contribution in [3.05, 3.63) is 23.3 Å². The number of nitrogens with zero attached hydrogens (tertiary/aromatic N) is 6. The smallest absolute Gasteiger partial charge is 0.333 e. The number of hydrogen-bond donors (Lipinski definition) is 0. The first-order chi connectivity index (χ1) is 16.2. The van der Waals surface area contributed by atoms with Gasteiger partial charge in [-0.3, -0.25) is 19.4 Å². The Labute approximate surface area is 201 Å². The van der Waals surface area contributed by atoms with E-state index in [1.165, 1.54) is 23.8 Å². The molecule has 178 valence electrons. The molecule has 1 atom stereocenters. The minimum absolute atomic E-state index is 0.00624. The standard InChI is InChI=1S/C23H27N6O4S/c1-13-5-6-14(2)19-17(13)25-22(34-19)33-15-7-9-28(10-8-15)16(30)11-29-12-24-20-18(29)21(31)27(4)23(32)26(20)3/h5-6,12,15,18H,7-11H2,1-4H3/q+1. The van der Waals surface area contributed by atoms with Crippen LogP contribution >= 0.6 is 11.3 Å². The summed E-state index contributed by atoms with van der Waals surface area (Å²) in [6.07, 6.45) is 2.92. The van der Waals surface area contributed by atoms with E-state index in [-0.39, 0.29) is 24.5 Å². The summed E-state index contributed by atoms with van der Waals surface area (Å²) in [5.74, 6) is -0.0986. The molecule has 4 heterocycles. The van der Waals surface area contributed by atoms with Gasteiger partial charge in [-0.15, -0.1) is 0 Å². The number of fused-ring (bicyclic) bond motifs is 2. The first-order valence-corrected chi connectivity index (χ1v) is 12.1. The Morgan fingerprint density at radius 3 is 2.56 bits per heavy atom. The lowest BCUT2D eigenvalue weighted by Crippen LogP contribution is -2.62. The SMILES string of the molecule is Cc1ccc(C)c2sc(OC3CCN(C(=O)C[N+]4=CN=C5C4C(=O)N(C)C(=O)N5C)CC3)nc12. The van der Waals surface area contributed by atoms with Crippen LogP contribution in [-0.2, 0) is 9.59 Å². The van der Waals surface area contributed by atoms with Crippen LogP contribution in [-0.4, -0.2) is 100 Å². The number of likely N-dealkylation sites (tertiary alicyclic amines) is 1. The maximum atomic E-state index is 13.0. The van der Waals surface area contributed by atoms with Gasteiger partial charge in [0, 0.05) is 40.0 Å². The maximum Gasteiger partial charge on any atom is 0.333 e. The van der Waals surface area contributed by atoms with Gasteiger partial charge in [0.15, 0.2) is 6.54 Å². The van der Waals surface area contributed by atoms with E-state index >= 15 is 0 Å². The van der Waals surface area contributed by atoms with Gasteiger partial charge < -0.3 is 9.64 Å². The fraction of sp³-hybridized carbons (Fsp3) is 0.478. The highest BCUT2D eigenvalue weighted by atomic mass is 32.1. The number of imide groups is 1. The van der Waals surface area contributed by atoms with Crippen LogP contribution < -0.4 is 4.74 Å². The summed E-state index contributed by atoms with van der Waals surface area (Å²) in [5.41, 5.74) is 3.32. The van der Waals surface area contributed by atoms with E-state index in [1.54, 1.807) is 27.9 Å². The minimum Gasteiger partial charge on any atom is -0.467 e. The van der Waals surface area contributed by atoms with Crippen LogP contribution in [0.5, 0.6) is 5.19 Å². The Kier molecular flexibility index (Phi) is 5.59. The van der Waals surface area contributed by atoms with E-state index in [2.05, 4.69) is 36.0 Å². The van der Waals surface area contributed by atoms with Crippen LogP contribution in [0.2, 0.25) is 0 Å². The van der Waals surface area contributed by atoms with Crippen LogP contribution in [0.3, 0.4) is 0 Å². The molecule has 10 nitrogen and oxygen atoms in total. The molecule has 0 aliphatic carbocycles. The lowest BCUT2D eigenvalue weighted by atomic mass is 10.1. The summed E-state index contributed by atoms with van der Waals surface area (Å²) in [6.45, 7) is 5.31. The second kappa shape index (κ2) is 8.46. The lowest BCUT2D eigenvalue weighted by Gasteiger charge is -2.33. The normalized spacial score (nSPS) is 21.2. The Morgan fingerprint density at radius 2 is 1.85 bits per heavy atom. The third-order valence-corrected chi connectivity index (χ3v) is 7.78. The van der Waals surface area contributed by atoms with Gasteiger partial charge in [0.05, 0.1) is 10.2 Å². The van der Waals surface area contributed by atoms with Crippen molar-refractivity contribution in [3.8, 4) is 5.19 Å². The van der Waals surface area contributed by atoms with Crippen molar-refractivity contribution in [3.63, 3.8) is 0 Å². The molecule has 3 aliphatic heterocycles. The fourth-order valence-electron chi connectivity index (χ4n) is 4.59. The number of urea groups is 1. The summed E-state index contributed by atoms with van der Waals surface area (Å²) in [6, 6.07) is 3.00. The highest BCUT2D eigenvalue weighted by Crippen LogP contribution is 2.33. The van der Waals surface area contributed by atoms with Crippen LogP contribution in [0.15, 0.2) is 17.1 Å². The van der Waals surface area contributed by atoms with Crippen molar-refractivity contribution in [2.45, 2.75) is 38.8 Å². The molecule has 5 rings (SSSR count). The topological polar surface area (TPSA) is 98.4 Å². The van der Waals surface area contributed by atoms with Gasteiger partial charge in [-0.2, -0.15) is 0 Å². The fourth-order valence-corrected chi connectivity index (χ4v) is 5.61. The second-order valence-corrected chi connectivity index (χ2v) is 9.93. The van der Waals surface area contributed by atoms with Gasteiger partial charge in [0.1, 0.15) is 6.10 Å². The van der Waals surface area contributed by atoms with Gasteiger partial charge in [0.25, 0.3) is 35.2 Å². The minimum atomic E-state index is -0.747. The number of carbonyl (C=O) groups excluding carboxylic acids is 3. The molecule has 0 N–H and O–H groups in total. The Balaban J connectivity index is 1.18. The molecule has 34 heavy (non-hydrogen) atoms. The van der Waals surface area contributed by atoms with E-state index in [9.17, 15) is 14.4 Å². The Hall–Kier alpha value is -3.34. The number of aliphatic imine (C=N–C) groups is 1. The van der Waals surface area contributed by atoms with Gasteiger partial charge in [-0.05, 0) is 30.0 Å². The molecular formula is C23H27N6O4S+. The van der Waals surface area contributed by atoms with Gasteiger partial charge in [-0.25, -0.2) is 14.4 Å². The highest BCUT2D eigenvalue weighted by Gasteiger charge is 2.51. The lowest BCUT2D eigenvalue weighted by molar-refractivity contribution is -0.520. The van der Waals surface area contributed by atoms with Crippen molar-refractivity contribution in [2.24, 2.45) is 4.99 Å². The summed E-state index contributed by atoms with van der Waals surface area (Å²) < 4.78 is 8.94. The molecule has 1 aromatic carbocycles. The van der Waals surface area contributed by atoms with Crippen molar-refractivity contribution in [2.75, 3.05) is 33.7 Å². The number of rotatable bonds is 4. The average Bonchev–Trinajstić information content (AvgIpc) is 3.44. The Morgan fingerprint density at radius 1 is 1.15 bits per heavy atom. The number of benzene rings is 1. The first kappa shape index (κ1) is 22.5. The molecule has 0 radical (unpaired) electrons. The quantitative estimate of drug-likeness (QED) is 0.616. The third kappa shape index (κ3) is 3.73. The number of piperidine rings is 1. The molecular weight excluding hydrogens is 456 g/mol. The maximum absolute atomic E-state index is 13.0. The van der Waals surface area contributed by atoms with Gasteiger partial charge in [0.2, 0.25) is 0 Å². The number of likely N-dealkylation sites (N-methyl/N-ethyl adjacent to an activating group) is 2. The van der Waals surface area contributed by atoms with Crippen LogP contribution in [0.4, 0.5) is 4.79 Å². The monoisotopic (exact) mass is 483 g/mol. The summed E-state index contributed by atoms with van der Waals surface area (Å²) in [4.78, 5) is 50.9. The molecule has 3 aliphatic rings. The molecule has 1 aromatic heterocycles. The number of amides is 4. The van der Waals surface area contributed by atoms with Gasteiger partial charge in [-0.1, -0.05) is 23.5 Å². The number of thiazole rings is 1. The van der Waals surface area contributed by atoms with E-state index in [0.29, 0.717) is 37.0 Å². The van der Waals surface area contributed by atoms with Crippen molar-refractivity contribution in [1.82, 2.24) is 19.7 Å². The van der Waals surface area contributed by atoms with Crippen molar-refractivity contribution < 1.29 is 23.7 Å². The average molecular weight is 484 g/mol. The molecule has 0 bridgehead atoms. The summed E-state index contributed by atoms with van der Waals surface area (Å²) in [5, 5.41) is 0.673. The number of carbonyl (C=O) groups is 3. The van der Waals surface area contributed by atoms with Crippen molar-refractivity contribution >= 4 is 51.6 Å². The third-order valence-electron chi connectivity index (χ3n) is 6.70. The van der Waals surface area contributed by atoms with Crippen LogP contribution in [0.1, 0.15) is 24.0 Å².